The highest BCUT2D eigenvalue weighted by Crippen LogP contribution is 2.18. The van der Waals surface area contributed by atoms with Crippen molar-refractivity contribution in [3.63, 3.8) is 0 Å². The molecule has 1 aromatic rings. The van der Waals surface area contributed by atoms with Gasteiger partial charge in [-0.2, -0.15) is 0 Å². The molecule has 0 aliphatic heterocycles. The lowest BCUT2D eigenvalue weighted by Gasteiger charge is -2.27. The molecule has 0 saturated carbocycles. The van der Waals surface area contributed by atoms with Gasteiger partial charge in [-0.3, -0.25) is 4.79 Å². The van der Waals surface area contributed by atoms with Gasteiger partial charge in [-0.05, 0) is 36.6 Å². The summed E-state index contributed by atoms with van der Waals surface area (Å²) < 4.78 is 5.07. The predicted molar refractivity (Wildman–Crippen MR) is 78.5 cm³/mol. The molecule has 0 heterocycles. The molecule has 0 fully saturated rings. The van der Waals surface area contributed by atoms with Gasteiger partial charge >= 0.3 is 0 Å². The molecule has 1 amide bonds. The standard InChI is InChI=1S/C15H24N2O2/c1-11(15(2,3)4)16-10-14(18)17-12-6-8-13(19-5)9-7-12/h6-9,11,16H,10H2,1-5H3,(H,17,18). The Morgan fingerprint density at radius 1 is 1.26 bits per heavy atom. The Balaban J connectivity index is 2.42. The fourth-order valence-corrected chi connectivity index (χ4v) is 1.43. The highest BCUT2D eigenvalue weighted by Gasteiger charge is 2.19. The van der Waals surface area contributed by atoms with Crippen LogP contribution in [0.2, 0.25) is 0 Å². The van der Waals surface area contributed by atoms with Crippen molar-refractivity contribution >= 4 is 11.6 Å². The highest BCUT2D eigenvalue weighted by atomic mass is 16.5. The average molecular weight is 264 g/mol. The Labute approximate surface area is 115 Å². The van der Waals surface area contributed by atoms with Crippen LogP contribution in [0.5, 0.6) is 5.75 Å². The number of benzene rings is 1. The largest absolute Gasteiger partial charge is 0.497 e. The van der Waals surface area contributed by atoms with Gasteiger partial charge in [0.1, 0.15) is 5.75 Å². The third-order valence-corrected chi connectivity index (χ3v) is 3.24. The molecule has 19 heavy (non-hydrogen) atoms. The predicted octanol–water partition coefficient (Wildman–Crippen LogP) is 2.66. The number of anilines is 1. The van der Waals surface area contributed by atoms with E-state index in [4.69, 9.17) is 4.74 Å². The summed E-state index contributed by atoms with van der Waals surface area (Å²) in [4.78, 5) is 11.8. The number of carbonyl (C=O) groups excluding carboxylic acids is 1. The van der Waals surface area contributed by atoms with E-state index in [1.54, 1.807) is 7.11 Å². The van der Waals surface area contributed by atoms with Crippen LogP contribution in [0.4, 0.5) is 5.69 Å². The third-order valence-electron chi connectivity index (χ3n) is 3.24. The molecule has 0 aromatic heterocycles. The lowest BCUT2D eigenvalue weighted by atomic mass is 9.88. The number of amides is 1. The SMILES string of the molecule is COc1ccc(NC(=O)CNC(C)C(C)(C)C)cc1. The normalized spacial score (nSPS) is 12.9. The highest BCUT2D eigenvalue weighted by molar-refractivity contribution is 5.92. The fraction of sp³-hybridized carbons (Fsp3) is 0.533. The smallest absolute Gasteiger partial charge is 0.238 e. The molecule has 106 valence electrons. The van der Waals surface area contributed by atoms with Gasteiger partial charge in [0, 0.05) is 11.7 Å². The first-order valence-electron chi connectivity index (χ1n) is 6.50. The Bertz CT molecular complexity index is 407. The van der Waals surface area contributed by atoms with E-state index in [0.29, 0.717) is 6.54 Å². The zero-order valence-electron chi connectivity index (χ0n) is 12.4. The topological polar surface area (TPSA) is 50.4 Å². The average Bonchev–Trinajstić information content (AvgIpc) is 2.35. The molecule has 0 radical (unpaired) electrons. The lowest BCUT2D eigenvalue weighted by Crippen LogP contribution is -2.41. The first-order valence-corrected chi connectivity index (χ1v) is 6.50. The maximum Gasteiger partial charge on any atom is 0.238 e. The van der Waals surface area contributed by atoms with E-state index in [-0.39, 0.29) is 17.4 Å². The van der Waals surface area contributed by atoms with Crippen LogP contribution >= 0.6 is 0 Å². The van der Waals surface area contributed by atoms with Crippen LogP contribution in [0, 0.1) is 5.41 Å². The molecule has 1 unspecified atom stereocenters. The summed E-state index contributed by atoms with van der Waals surface area (Å²) in [5.74, 6) is 0.735. The number of rotatable bonds is 5. The van der Waals surface area contributed by atoms with Crippen molar-refractivity contribution in [2.45, 2.75) is 33.7 Å². The summed E-state index contributed by atoms with van der Waals surface area (Å²) in [7, 11) is 1.62. The second-order valence-corrected chi connectivity index (χ2v) is 5.75. The second kappa shape index (κ2) is 6.57. The van der Waals surface area contributed by atoms with Gasteiger partial charge in [0.05, 0.1) is 13.7 Å². The molecular formula is C15H24N2O2. The van der Waals surface area contributed by atoms with Crippen LogP contribution in [0.25, 0.3) is 0 Å². The Hall–Kier alpha value is -1.55. The first-order chi connectivity index (χ1) is 8.82. The molecule has 4 nitrogen and oxygen atoms in total. The molecular weight excluding hydrogens is 240 g/mol. The monoisotopic (exact) mass is 264 g/mol. The van der Waals surface area contributed by atoms with Crippen LogP contribution in [-0.4, -0.2) is 25.6 Å². The minimum Gasteiger partial charge on any atom is -0.497 e. The molecule has 0 bridgehead atoms. The maximum atomic E-state index is 11.8. The summed E-state index contributed by atoms with van der Waals surface area (Å²) in [6, 6.07) is 7.56. The number of methoxy groups -OCH3 is 1. The Kier molecular flexibility index (Phi) is 5.36. The van der Waals surface area contributed by atoms with Crippen LogP contribution < -0.4 is 15.4 Å². The van der Waals surface area contributed by atoms with E-state index in [1.165, 1.54) is 0 Å². The number of hydrogen-bond acceptors (Lipinski definition) is 3. The molecule has 0 spiro atoms. The van der Waals surface area contributed by atoms with E-state index in [2.05, 4.69) is 38.3 Å². The lowest BCUT2D eigenvalue weighted by molar-refractivity contribution is -0.115. The van der Waals surface area contributed by atoms with Gasteiger partial charge in [0.15, 0.2) is 0 Å². The van der Waals surface area contributed by atoms with Crippen LogP contribution in [0.1, 0.15) is 27.7 Å². The van der Waals surface area contributed by atoms with E-state index in [9.17, 15) is 4.79 Å². The fourth-order valence-electron chi connectivity index (χ4n) is 1.43. The Morgan fingerprint density at radius 2 is 1.84 bits per heavy atom. The van der Waals surface area contributed by atoms with Crippen molar-refractivity contribution in [3.8, 4) is 5.75 Å². The quantitative estimate of drug-likeness (QED) is 0.859. The molecule has 1 aromatic carbocycles. The van der Waals surface area contributed by atoms with Gasteiger partial charge in [-0.15, -0.1) is 0 Å². The number of hydrogen-bond donors (Lipinski definition) is 2. The minimum atomic E-state index is -0.0405. The molecule has 0 aliphatic carbocycles. The molecule has 0 aliphatic rings. The number of ether oxygens (including phenoxy) is 1. The molecule has 0 saturated heterocycles. The zero-order valence-corrected chi connectivity index (χ0v) is 12.4. The van der Waals surface area contributed by atoms with Gasteiger partial charge in [-0.25, -0.2) is 0 Å². The third kappa shape index (κ3) is 5.30. The zero-order chi connectivity index (χ0) is 14.5. The summed E-state index contributed by atoms with van der Waals surface area (Å²) in [6.07, 6.45) is 0. The summed E-state index contributed by atoms with van der Waals surface area (Å²) in [5.41, 5.74) is 0.913. The summed E-state index contributed by atoms with van der Waals surface area (Å²) in [5, 5.41) is 6.07. The van der Waals surface area contributed by atoms with Gasteiger partial charge in [0.2, 0.25) is 5.91 Å². The van der Waals surface area contributed by atoms with Gasteiger partial charge < -0.3 is 15.4 Å². The maximum absolute atomic E-state index is 11.8. The number of nitrogens with one attached hydrogen (secondary N) is 2. The van der Waals surface area contributed by atoms with Crippen molar-refractivity contribution in [1.29, 1.82) is 0 Å². The van der Waals surface area contributed by atoms with Crippen molar-refractivity contribution in [3.05, 3.63) is 24.3 Å². The van der Waals surface area contributed by atoms with Crippen LogP contribution in [-0.2, 0) is 4.79 Å². The van der Waals surface area contributed by atoms with Crippen LogP contribution in [0.3, 0.4) is 0 Å². The van der Waals surface area contributed by atoms with Crippen LogP contribution in [0.15, 0.2) is 24.3 Å². The number of carbonyl (C=O) groups is 1. The molecule has 1 rings (SSSR count). The van der Waals surface area contributed by atoms with Crippen molar-refractivity contribution in [1.82, 2.24) is 5.32 Å². The molecule has 4 heteroatoms. The van der Waals surface area contributed by atoms with Crippen molar-refractivity contribution in [2.75, 3.05) is 19.0 Å². The summed E-state index contributed by atoms with van der Waals surface area (Å²) in [6.45, 7) is 8.83. The van der Waals surface area contributed by atoms with E-state index in [1.807, 2.05) is 24.3 Å². The van der Waals surface area contributed by atoms with E-state index in [0.717, 1.165) is 11.4 Å². The molecule has 1 atom stereocenters. The van der Waals surface area contributed by atoms with Gasteiger partial charge in [0.25, 0.3) is 0 Å². The molecule has 2 N–H and O–H groups in total. The van der Waals surface area contributed by atoms with E-state index < -0.39 is 0 Å². The van der Waals surface area contributed by atoms with Gasteiger partial charge in [-0.1, -0.05) is 20.8 Å². The van der Waals surface area contributed by atoms with E-state index >= 15 is 0 Å². The van der Waals surface area contributed by atoms with Crippen molar-refractivity contribution < 1.29 is 9.53 Å². The second-order valence-electron chi connectivity index (χ2n) is 5.75. The summed E-state index contributed by atoms with van der Waals surface area (Å²) >= 11 is 0. The first kappa shape index (κ1) is 15.5. The van der Waals surface area contributed by atoms with Crippen molar-refractivity contribution in [2.24, 2.45) is 5.41 Å². The Morgan fingerprint density at radius 3 is 2.32 bits per heavy atom. The minimum absolute atomic E-state index is 0.0405.